The minimum absolute atomic E-state index is 0.269. The molecule has 0 aliphatic heterocycles. The minimum atomic E-state index is -1.54. The Labute approximate surface area is 107 Å². The van der Waals surface area contributed by atoms with Gasteiger partial charge < -0.3 is 25.4 Å². The van der Waals surface area contributed by atoms with Gasteiger partial charge in [0.05, 0.1) is 31.9 Å². The van der Waals surface area contributed by atoms with Crippen LogP contribution in [0.3, 0.4) is 0 Å². The zero-order valence-electron chi connectivity index (χ0n) is 10.1. The Hall–Kier alpha value is -2.04. The molecule has 0 aliphatic carbocycles. The van der Waals surface area contributed by atoms with Crippen LogP contribution in [0.25, 0.3) is 0 Å². The monoisotopic (exact) mass is 274 g/mol. The second-order valence-corrected chi connectivity index (χ2v) is 3.72. The first-order valence-corrected chi connectivity index (χ1v) is 5.17. The second-order valence-electron chi connectivity index (χ2n) is 3.72. The van der Waals surface area contributed by atoms with Crippen molar-refractivity contribution >= 4 is 11.5 Å². The van der Waals surface area contributed by atoms with E-state index in [4.69, 9.17) is 20.1 Å². The summed E-state index contributed by atoms with van der Waals surface area (Å²) in [5, 5.41) is 40.9. The highest BCUT2D eigenvalue weighted by atomic mass is 16.6. The third kappa shape index (κ3) is 3.05. The van der Waals surface area contributed by atoms with Gasteiger partial charge in [-0.05, 0) is 0 Å². The predicted octanol–water partition coefficient (Wildman–Crippen LogP) is -1.48. The van der Waals surface area contributed by atoms with Crippen LogP contribution in [0.2, 0.25) is 0 Å². The number of rotatable bonds is 7. The molecule has 1 heterocycles. The zero-order chi connectivity index (χ0) is 14.5. The van der Waals surface area contributed by atoms with E-state index in [2.05, 4.69) is 15.3 Å². The Morgan fingerprint density at radius 2 is 1.95 bits per heavy atom. The van der Waals surface area contributed by atoms with Crippen molar-refractivity contribution in [3.63, 3.8) is 0 Å². The number of anilines is 1. The third-order valence-electron chi connectivity index (χ3n) is 2.46. The molecule has 0 saturated carbocycles. The maximum Gasteiger partial charge on any atom is 0.372 e. The van der Waals surface area contributed by atoms with Crippen molar-refractivity contribution in [2.24, 2.45) is 0 Å². The molecule has 10 nitrogen and oxygen atoms in total. The van der Waals surface area contributed by atoms with Gasteiger partial charge in [-0.1, -0.05) is 0 Å². The van der Waals surface area contributed by atoms with E-state index in [9.17, 15) is 10.1 Å². The number of ether oxygens (including phenoxy) is 1. The van der Waals surface area contributed by atoms with Crippen LogP contribution in [0.1, 0.15) is 0 Å². The first kappa shape index (κ1) is 15.0. The summed E-state index contributed by atoms with van der Waals surface area (Å²) >= 11 is 0. The molecule has 106 valence electrons. The highest BCUT2D eigenvalue weighted by Gasteiger charge is 2.33. The van der Waals surface area contributed by atoms with E-state index in [1.165, 1.54) is 7.11 Å². The lowest BCUT2D eigenvalue weighted by atomic mass is 10.0. The summed E-state index contributed by atoms with van der Waals surface area (Å²) in [6.07, 6.45) is 1.02. The van der Waals surface area contributed by atoms with E-state index in [0.29, 0.717) is 0 Å². The lowest BCUT2D eigenvalue weighted by Crippen LogP contribution is -2.49. The molecular formula is C9H14N4O6. The molecule has 10 heteroatoms. The summed E-state index contributed by atoms with van der Waals surface area (Å²) in [5.74, 6) is -0.542. The van der Waals surface area contributed by atoms with Gasteiger partial charge in [-0.25, -0.2) is 4.98 Å². The number of nitro groups is 1. The average molecular weight is 274 g/mol. The SMILES string of the molecule is COc1ncnc(NC(CO)(CO)CO)c1[N+](=O)[O-]. The summed E-state index contributed by atoms with van der Waals surface area (Å²) in [7, 11) is 1.20. The third-order valence-corrected chi connectivity index (χ3v) is 2.46. The molecule has 0 aromatic carbocycles. The van der Waals surface area contributed by atoms with Gasteiger partial charge in [-0.3, -0.25) is 10.1 Å². The molecule has 0 saturated heterocycles. The van der Waals surface area contributed by atoms with Crippen LogP contribution in [0.4, 0.5) is 11.5 Å². The molecule has 0 aliphatic rings. The summed E-state index contributed by atoms with van der Waals surface area (Å²) < 4.78 is 4.74. The van der Waals surface area contributed by atoms with Gasteiger partial charge >= 0.3 is 5.69 Å². The van der Waals surface area contributed by atoms with Gasteiger partial charge in [0.2, 0.25) is 5.82 Å². The summed E-state index contributed by atoms with van der Waals surface area (Å²) in [5.41, 5.74) is -2.09. The van der Waals surface area contributed by atoms with Gasteiger partial charge in [0, 0.05) is 0 Å². The molecule has 1 aromatic heterocycles. The first-order valence-electron chi connectivity index (χ1n) is 5.17. The standard InChI is InChI=1S/C9H14N4O6/c1-19-8-6(13(17)18)7(10-5-11-8)12-9(2-14,3-15)4-16/h5,14-16H,2-4H2,1H3,(H,10,11,12). The summed E-state index contributed by atoms with van der Waals surface area (Å²) in [6.45, 7) is -1.95. The van der Waals surface area contributed by atoms with E-state index >= 15 is 0 Å². The van der Waals surface area contributed by atoms with E-state index in [-0.39, 0.29) is 11.7 Å². The molecule has 0 radical (unpaired) electrons. The normalized spacial score (nSPS) is 11.2. The van der Waals surface area contributed by atoms with Crippen molar-refractivity contribution in [2.45, 2.75) is 5.54 Å². The molecular weight excluding hydrogens is 260 g/mol. The Kier molecular flexibility index (Phi) is 4.92. The topological polar surface area (TPSA) is 151 Å². The number of hydrogen-bond acceptors (Lipinski definition) is 9. The van der Waals surface area contributed by atoms with Crippen LogP contribution >= 0.6 is 0 Å². The first-order chi connectivity index (χ1) is 9.03. The smallest absolute Gasteiger partial charge is 0.372 e. The highest BCUT2D eigenvalue weighted by Crippen LogP contribution is 2.31. The van der Waals surface area contributed by atoms with Gasteiger partial charge in [0.1, 0.15) is 11.9 Å². The molecule has 0 amide bonds. The van der Waals surface area contributed by atoms with Crippen LogP contribution in [-0.2, 0) is 0 Å². The molecule has 1 aromatic rings. The number of aliphatic hydroxyl groups is 3. The highest BCUT2D eigenvalue weighted by molar-refractivity contribution is 5.62. The van der Waals surface area contributed by atoms with Crippen molar-refractivity contribution < 1.29 is 25.0 Å². The van der Waals surface area contributed by atoms with Gasteiger partial charge in [-0.15, -0.1) is 0 Å². The fourth-order valence-electron chi connectivity index (χ4n) is 1.29. The summed E-state index contributed by atoms with van der Waals surface area (Å²) in [4.78, 5) is 17.4. The van der Waals surface area contributed by atoms with Crippen molar-refractivity contribution in [1.29, 1.82) is 0 Å². The molecule has 0 fully saturated rings. The molecule has 1 rings (SSSR count). The molecule has 19 heavy (non-hydrogen) atoms. The molecule has 4 N–H and O–H groups in total. The molecule has 0 bridgehead atoms. The van der Waals surface area contributed by atoms with Crippen molar-refractivity contribution in [1.82, 2.24) is 9.97 Å². The number of nitrogens with one attached hydrogen (secondary N) is 1. The predicted molar refractivity (Wildman–Crippen MR) is 62.8 cm³/mol. The molecule has 0 unspecified atom stereocenters. The van der Waals surface area contributed by atoms with Crippen LogP contribution < -0.4 is 10.1 Å². The van der Waals surface area contributed by atoms with E-state index in [0.717, 1.165) is 6.33 Å². The number of aromatic nitrogens is 2. The Morgan fingerprint density at radius 3 is 2.37 bits per heavy atom. The zero-order valence-corrected chi connectivity index (χ0v) is 10.1. The van der Waals surface area contributed by atoms with Gasteiger partial charge in [0.15, 0.2) is 0 Å². The lowest BCUT2D eigenvalue weighted by molar-refractivity contribution is -0.385. The van der Waals surface area contributed by atoms with Crippen LogP contribution in [0.15, 0.2) is 6.33 Å². The maximum absolute atomic E-state index is 11.0. The summed E-state index contributed by atoms with van der Waals surface area (Å²) in [6, 6.07) is 0. The van der Waals surface area contributed by atoms with Crippen molar-refractivity contribution in [3.05, 3.63) is 16.4 Å². The second kappa shape index (κ2) is 6.22. The Balaban J connectivity index is 3.23. The maximum atomic E-state index is 11.0. The van der Waals surface area contributed by atoms with Crippen LogP contribution in [0.5, 0.6) is 5.88 Å². The lowest BCUT2D eigenvalue weighted by Gasteiger charge is -2.28. The van der Waals surface area contributed by atoms with Crippen molar-refractivity contribution in [2.75, 3.05) is 32.2 Å². The van der Waals surface area contributed by atoms with E-state index < -0.39 is 36.0 Å². The quantitative estimate of drug-likeness (QED) is 0.344. The minimum Gasteiger partial charge on any atom is -0.476 e. The number of aliphatic hydroxyl groups excluding tert-OH is 3. The van der Waals surface area contributed by atoms with Crippen molar-refractivity contribution in [3.8, 4) is 5.88 Å². The van der Waals surface area contributed by atoms with E-state index in [1.54, 1.807) is 0 Å². The van der Waals surface area contributed by atoms with Gasteiger partial charge in [0.25, 0.3) is 5.88 Å². The fourth-order valence-corrected chi connectivity index (χ4v) is 1.29. The number of hydrogen-bond donors (Lipinski definition) is 4. The van der Waals surface area contributed by atoms with Crippen LogP contribution in [-0.4, -0.2) is 62.7 Å². The number of nitrogens with zero attached hydrogens (tertiary/aromatic N) is 3. The molecule has 0 atom stereocenters. The van der Waals surface area contributed by atoms with E-state index in [1.807, 2.05) is 0 Å². The van der Waals surface area contributed by atoms with Crippen LogP contribution in [0, 0.1) is 10.1 Å². The van der Waals surface area contributed by atoms with Gasteiger partial charge in [-0.2, -0.15) is 4.98 Å². The Morgan fingerprint density at radius 1 is 1.37 bits per heavy atom. The largest absolute Gasteiger partial charge is 0.476 e. The Bertz CT molecular complexity index is 442. The fraction of sp³-hybridized carbons (Fsp3) is 0.556. The number of methoxy groups -OCH3 is 1. The average Bonchev–Trinajstić information content (AvgIpc) is 2.44. The molecule has 0 spiro atoms.